The zero-order chi connectivity index (χ0) is 23.8. The van der Waals surface area contributed by atoms with Gasteiger partial charge in [0, 0.05) is 42.5 Å². The number of alkyl halides is 1. The molecule has 1 aliphatic rings. The number of fused-ring (bicyclic) bond motifs is 1. The topological polar surface area (TPSA) is 127 Å². The molecule has 34 heavy (non-hydrogen) atoms. The number of aryl methyl sites for hydroxylation is 1. The summed E-state index contributed by atoms with van der Waals surface area (Å²) in [5.74, 6) is 0.990. The van der Waals surface area contributed by atoms with Crippen LogP contribution in [0.1, 0.15) is 38.3 Å². The lowest BCUT2D eigenvalue weighted by Crippen LogP contribution is -2.35. The summed E-state index contributed by atoms with van der Waals surface area (Å²) in [4.78, 5) is 16.6. The van der Waals surface area contributed by atoms with Gasteiger partial charge in [0.05, 0.1) is 24.3 Å². The molecule has 0 radical (unpaired) electrons. The van der Waals surface area contributed by atoms with E-state index >= 15 is 0 Å². The number of carbonyl (C=O) groups is 1. The Morgan fingerprint density at radius 2 is 2.15 bits per heavy atom. The van der Waals surface area contributed by atoms with E-state index in [-0.39, 0.29) is 18.4 Å². The highest BCUT2D eigenvalue weighted by Crippen LogP contribution is 2.38. The number of carbonyl (C=O) groups excluding carboxylic acids is 1. The number of rotatable bonds is 6. The van der Waals surface area contributed by atoms with Crippen LogP contribution in [0.4, 0.5) is 20.8 Å². The Morgan fingerprint density at radius 1 is 1.29 bits per heavy atom. The van der Waals surface area contributed by atoms with E-state index < -0.39 is 18.4 Å². The molecule has 1 saturated carbocycles. The number of hydrogen-bond donors (Lipinski definition) is 3. The van der Waals surface area contributed by atoms with Crippen LogP contribution < -0.4 is 10.6 Å². The van der Waals surface area contributed by atoms with Gasteiger partial charge in [0.2, 0.25) is 0 Å². The van der Waals surface area contributed by atoms with Crippen LogP contribution in [0.3, 0.4) is 0 Å². The Labute approximate surface area is 194 Å². The molecule has 178 valence electrons. The molecule has 0 aliphatic heterocycles. The average molecular weight is 468 g/mol. The van der Waals surface area contributed by atoms with Crippen molar-refractivity contribution in [3.63, 3.8) is 0 Å². The van der Waals surface area contributed by atoms with Gasteiger partial charge in [0.15, 0.2) is 11.6 Å². The highest BCUT2D eigenvalue weighted by Gasteiger charge is 2.38. The second-order valence-electron chi connectivity index (χ2n) is 8.80. The third-order valence-corrected chi connectivity index (χ3v) is 5.77. The van der Waals surface area contributed by atoms with Gasteiger partial charge in [0.1, 0.15) is 17.8 Å². The molecule has 4 aromatic rings. The lowest BCUT2D eigenvalue weighted by Gasteiger charge is -2.16. The van der Waals surface area contributed by atoms with Gasteiger partial charge in [-0.2, -0.15) is 15.3 Å². The van der Waals surface area contributed by atoms with Crippen molar-refractivity contribution in [3.05, 3.63) is 42.6 Å². The van der Waals surface area contributed by atoms with Crippen LogP contribution in [0, 0.1) is 0 Å². The van der Waals surface area contributed by atoms with Gasteiger partial charge in [-0.1, -0.05) is 0 Å². The van der Waals surface area contributed by atoms with E-state index in [1.165, 1.54) is 0 Å². The second kappa shape index (κ2) is 8.76. The minimum absolute atomic E-state index is 0.0727. The van der Waals surface area contributed by atoms with Crippen molar-refractivity contribution in [2.45, 2.75) is 50.9 Å². The predicted molar refractivity (Wildman–Crippen MR) is 122 cm³/mol. The van der Waals surface area contributed by atoms with E-state index in [1.54, 1.807) is 21.6 Å². The fraction of sp³-hybridized carbons (Fsp3) is 0.409. The monoisotopic (exact) mass is 467 g/mol. The first-order chi connectivity index (χ1) is 16.4. The number of alkyl carbamates (subject to hydrolysis) is 1. The van der Waals surface area contributed by atoms with Crippen molar-refractivity contribution in [1.29, 1.82) is 0 Å². The molecular formula is C22H26FN9O2. The maximum absolute atomic E-state index is 14.5. The largest absolute Gasteiger partial charge is 0.443 e. The molecule has 0 bridgehead atoms. The van der Waals surface area contributed by atoms with Gasteiger partial charge in [-0.05, 0) is 32.8 Å². The zero-order valence-corrected chi connectivity index (χ0v) is 19.1. The molecular weight excluding hydrogens is 441 g/mol. The fourth-order valence-corrected chi connectivity index (χ4v) is 4.17. The van der Waals surface area contributed by atoms with Gasteiger partial charge in [0.25, 0.3) is 0 Å². The Hall–Kier alpha value is -3.96. The number of hydrogen-bond acceptors (Lipinski definition) is 7. The Kier molecular flexibility index (Phi) is 5.64. The molecule has 5 rings (SSSR count). The van der Waals surface area contributed by atoms with E-state index in [1.807, 2.05) is 45.4 Å². The molecule has 1 fully saturated rings. The van der Waals surface area contributed by atoms with Crippen molar-refractivity contribution >= 4 is 23.2 Å². The number of amides is 1. The first kappa shape index (κ1) is 21.9. The standard InChI is InChI=1S/C22H26FN9O2/c1-12(2)26-22(33)34-19-7-13(6-15(19)23)16-8-20(30-29-16)28-21-18-4-5-24-32(18)11-17(27-21)14-9-25-31(3)10-14/h4-5,8-13,15,19H,6-7H2,1-3H3,(H,26,33)(H2,27,28,29,30)/t13-,15+,19-/m0/s1. The van der Waals surface area contributed by atoms with Crippen molar-refractivity contribution in [2.75, 3.05) is 5.32 Å². The van der Waals surface area contributed by atoms with Gasteiger partial charge < -0.3 is 15.4 Å². The minimum atomic E-state index is -1.23. The number of aromatic amines is 1. The molecule has 1 aliphatic carbocycles. The number of aromatic nitrogens is 7. The summed E-state index contributed by atoms with van der Waals surface area (Å²) >= 11 is 0. The molecule has 3 atom stereocenters. The summed E-state index contributed by atoms with van der Waals surface area (Å²) in [6.07, 6.45) is 5.17. The lowest BCUT2D eigenvalue weighted by molar-refractivity contribution is 0.0593. The number of H-pyrrole nitrogens is 1. The minimum Gasteiger partial charge on any atom is -0.443 e. The van der Waals surface area contributed by atoms with Gasteiger partial charge in [-0.25, -0.2) is 18.7 Å². The van der Waals surface area contributed by atoms with Crippen LogP contribution in [0.5, 0.6) is 0 Å². The van der Waals surface area contributed by atoms with E-state index in [4.69, 9.17) is 9.72 Å². The summed E-state index contributed by atoms with van der Waals surface area (Å²) < 4.78 is 23.3. The molecule has 0 unspecified atom stereocenters. The van der Waals surface area contributed by atoms with Crippen LogP contribution in [0.25, 0.3) is 16.8 Å². The van der Waals surface area contributed by atoms with Crippen molar-refractivity contribution < 1.29 is 13.9 Å². The normalized spacial score (nSPS) is 20.2. The molecule has 4 aromatic heterocycles. The van der Waals surface area contributed by atoms with Crippen LogP contribution in [-0.4, -0.2) is 59.0 Å². The van der Waals surface area contributed by atoms with Gasteiger partial charge in [-0.3, -0.25) is 9.78 Å². The third-order valence-electron chi connectivity index (χ3n) is 5.77. The molecule has 1 amide bonds. The molecule has 3 N–H and O–H groups in total. The van der Waals surface area contributed by atoms with E-state index in [0.29, 0.717) is 23.8 Å². The Morgan fingerprint density at radius 3 is 2.91 bits per heavy atom. The first-order valence-electron chi connectivity index (χ1n) is 11.1. The Bertz CT molecular complexity index is 1310. The highest BCUT2D eigenvalue weighted by atomic mass is 19.1. The molecule has 4 heterocycles. The average Bonchev–Trinajstić information content (AvgIpc) is 3.55. The molecule has 0 spiro atoms. The first-order valence-corrected chi connectivity index (χ1v) is 11.1. The number of halogens is 1. The third kappa shape index (κ3) is 4.43. The molecule has 0 aromatic carbocycles. The summed E-state index contributed by atoms with van der Waals surface area (Å²) in [6.45, 7) is 3.65. The quantitative estimate of drug-likeness (QED) is 0.397. The van der Waals surface area contributed by atoms with Crippen LogP contribution in [0.2, 0.25) is 0 Å². The number of nitrogens with zero attached hydrogens (tertiary/aromatic N) is 6. The lowest BCUT2D eigenvalue weighted by atomic mass is 10.0. The second-order valence-corrected chi connectivity index (χ2v) is 8.80. The van der Waals surface area contributed by atoms with Crippen molar-refractivity contribution in [3.8, 4) is 11.3 Å². The van der Waals surface area contributed by atoms with Crippen molar-refractivity contribution in [2.24, 2.45) is 7.05 Å². The van der Waals surface area contributed by atoms with E-state index in [9.17, 15) is 9.18 Å². The predicted octanol–water partition coefficient (Wildman–Crippen LogP) is 3.32. The smallest absolute Gasteiger partial charge is 0.407 e. The summed E-state index contributed by atoms with van der Waals surface area (Å²) in [5, 5.41) is 21.7. The van der Waals surface area contributed by atoms with Crippen molar-refractivity contribution in [1.82, 2.24) is 39.9 Å². The highest BCUT2D eigenvalue weighted by molar-refractivity contribution is 5.75. The van der Waals surface area contributed by atoms with Crippen LogP contribution in [0.15, 0.2) is 36.9 Å². The van der Waals surface area contributed by atoms with Crippen LogP contribution >= 0.6 is 0 Å². The van der Waals surface area contributed by atoms with Gasteiger partial charge in [-0.15, -0.1) is 0 Å². The van der Waals surface area contributed by atoms with E-state index in [0.717, 1.165) is 16.8 Å². The molecule has 0 saturated heterocycles. The number of ether oxygens (including phenoxy) is 1. The molecule has 12 heteroatoms. The maximum atomic E-state index is 14.5. The summed E-state index contributed by atoms with van der Waals surface area (Å²) in [7, 11) is 1.84. The Balaban J connectivity index is 1.32. The molecule has 11 nitrogen and oxygen atoms in total. The van der Waals surface area contributed by atoms with Crippen LogP contribution in [-0.2, 0) is 11.8 Å². The zero-order valence-electron chi connectivity index (χ0n) is 19.1. The van der Waals surface area contributed by atoms with Gasteiger partial charge >= 0.3 is 6.09 Å². The number of nitrogens with one attached hydrogen (secondary N) is 3. The summed E-state index contributed by atoms with van der Waals surface area (Å²) in [6, 6.07) is 3.61. The fourth-order valence-electron chi connectivity index (χ4n) is 4.17. The SMILES string of the molecule is CC(C)NC(=O)O[C@H]1C[C@@H](c2cc(Nc3nc(-c4cnn(C)c4)cn4nccc34)n[nH]2)C[C@H]1F. The number of anilines is 2. The van der Waals surface area contributed by atoms with E-state index in [2.05, 4.69) is 31.0 Å². The maximum Gasteiger partial charge on any atom is 0.407 e. The summed E-state index contributed by atoms with van der Waals surface area (Å²) in [5.41, 5.74) is 3.12.